The first-order chi connectivity index (χ1) is 11.5. The van der Waals surface area contributed by atoms with E-state index in [2.05, 4.69) is 4.72 Å². The average molecular weight is 381 g/mol. The Hall–Kier alpha value is -1.70. The molecule has 0 radical (unpaired) electrons. The number of benzene rings is 1. The van der Waals surface area contributed by atoms with Crippen molar-refractivity contribution in [2.45, 2.75) is 44.7 Å². The van der Waals surface area contributed by atoms with Gasteiger partial charge in [-0.05, 0) is 56.8 Å². The van der Waals surface area contributed by atoms with E-state index in [1.54, 1.807) is 57.0 Å². The summed E-state index contributed by atoms with van der Waals surface area (Å²) in [6, 6.07) is 8.56. The van der Waals surface area contributed by atoms with Gasteiger partial charge < -0.3 is 4.90 Å². The highest BCUT2D eigenvalue weighted by Gasteiger charge is 2.24. The molecule has 1 aromatic heterocycles. The number of hydrogen-bond acceptors (Lipinski definition) is 4. The molecule has 0 saturated carbocycles. The molecule has 0 bridgehead atoms. The molecule has 7 heteroatoms. The van der Waals surface area contributed by atoms with Gasteiger partial charge in [-0.15, -0.1) is 11.3 Å². The SMILES string of the molecule is Cc1ccc(S(=O)(=O)NC(C)(C)C)cc1C(=O)N(C)Cc1cccs1. The molecular formula is C18H24N2O3S2. The van der Waals surface area contributed by atoms with Crippen molar-refractivity contribution >= 4 is 27.3 Å². The summed E-state index contributed by atoms with van der Waals surface area (Å²) in [5.74, 6) is -0.196. The average Bonchev–Trinajstić information content (AvgIpc) is 2.97. The van der Waals surface area contributed by atoms with Gasteiger partial charge in [-0.25, -0.2) is 13.1 Å². The Morgan fingerprint density at radius 2 is 1.92 bits per heavy atom. The minimum absolute atomic E-state index is 0.0981. The molecule has 25 heavy (non-hydrogen) atoms. The maximum atomic E-state index is 12.8. The zero-order valence-corrected chi connectivity index (χ0v) is 16.8. The van der Waals surface area contributed by atoms with Crippen LogP contribution in [-0.4, -0.2) is 31.8 Å². The van der Waals surface area contributed by atoms with Crippen LogP contribution in [0.25, 0.3) is 0 Å². The highest BCUT2D eigenvalue weighted by atomic mass is 32.2. The molecule has 1 heterocycles. The first-order valence-corrected chi connectivity index (χ1v) is 10.3. The van der Waals surface area contributed by atoms with Crippen molar-refractivity contribution in [3.8, 4) is 0 Å². The molecule has 0 unspecified atom stereocenters. The Morgan fingerprint density at radius 3 is 2.48 bits per heavy atom. The number of nitrogens with zero attached hydrogens (tertiary/aromatic N) is 1. The second-order valence-corrected chi connectivity index (χ2v) is 9.79. The quantitative estimate of drug-likeness (QED) is 0.864. The molecule has 0 saturated heterocycles. The normalized spacial score (nSPS) is 12.2. The summed E-state index contributed by atoms with van der Waals surface area (Å²) in [6.45, 7) is 7.63. The monoisotopic (exact) mass is 380 g/mol. The number of thiophene rings is 1. The number of sulfonamides is 1. The number of carbonyl (C=O) groups is 1. The lowest BCUT2D eigenvalue weighted by Gasteiger charge is -2.21. The highest BCUT2D eigenvalue weighted by molar-refractivity contribution is 7.89. The van der Waals surface area contributed by atoms with E-state index in [0.29, 0.717) is 12.1 Å². The maximum Gasteiger partial charge on any atom is 0.254 e. The smallest absolute Gasteiger partial charge is 0.254 e. The number of nitrogens with one attached hydrogen (secondary N) is 1. The molecule has 0 aliphatic rings. The molecule has 2 aromatic rings. The van der Waals surface area contributed by atoms with Crippen LogP contribution in [-0.2, 0) is 16.6 Å². The van der Waals surface area contributed by atoms with E-state index < -0.39 is 15.6 Å². The van der Waals surface area contributed by atoms with Gasteiger partial charge in [0, 0.05) is 23.0 Å². The van der Waals surface area contributed by atoms with E-state index in [1.165, 1.54) is 12.1 Å². The largest absolute Gasteiger partial charge is 0.337 e. The molecule has 0 aliphatic heterocycles. The van der Waals surface area contributed by atoms with Crippen LogP contribution in [0.15, 0.2) is 40.6 Å². The summed E-state index contributed by atoms with van der Waals surface area (Å²) in [5.41, 5.74) is 0.553. The van der Waals surface area contributed by atoms with Gasteiger partial charge in [0.2, 0.25) is 10.0 Å². The van der Waals surface area contributed by atoms with E-state index in [1.807, 2.05) is 17.5 Å². The third-order valence-electron chi connectivity index (χ3n) is 3.51. The molecule has 0 aliphatic carbocycles. The topological polar surface area (TPSA) is 66.5 Å². The van der Waals surface area contributed by atoms with E-state index in [4.69, 9.17) is 0 Å². The molecule has 0 spiro atoms. The predicted molar refractivity (Wildman–Crippen MR) is 101 cm³/mol. The fourth-order valence-corrected chi connectivity index (χ4v) is 4.58. The second kappa shape index (κ2) is 7.27. The lowest BCUT2D eigenvalue weighted by molar-refractivity contribution is 0.0785. The van der Waals surface area contributed by atoms with Crippen LogP contribution < -0.4 is 4.72 Å². The van der Waals surface area contributed by atoms with Gasteiger partial charge in [0.1, 0.15) is 0 Å². The Morgan fingerprint density at radius 1 is 1.24 bits per heavy atom. The third kappa shape index (κ3) is 5.14. The fourth-order valence-electron chi connectivity index (χ4n) is 2.37. The van der Waals surface area contributed by atoms with Gasteiger partial charge in [-0.1, -0.05) is 12.1 Å². The lowest BCUT2D eigenvalue weighted by Crippen LogP contribution is -2.40. The molecular weight excluding hydrogens is 356 g/mol. The van der Waals surface area contributed by atoms with Crippen LogP contribution in [0.3, 0.4) is 0 Å². The van der Waals surface area contributed by atoms with Gasteiger partial charge in [-0.3, -0.25) is 4.79 Å². The number of aryl methyl sites for hydroxylation is 1. The first-order valence-electron chi connectivity index (χ1n) is 7.92. The van der Waals surface area contributed by atoms with Crippen molar-refractivity contribution in [2.75, 3.05) is 7.05 Å². The summed E-state index contributed by atoms with van der Waals surface area (Å²) in [5, 5.41) is 1.96. The summed E-state index contributed by atoms with van der Waals surface area (Å²) in [7, 11) is -1.97. The Balaban J connectivity index is 2.31. The lowest BCUT2D eigenvalue weighted by atomic mass is 10.1. The highest BCUT2D eigenvalue weighted by Crippen LogP contribution is 2.20. The molecule has 0 atom stereocenters. The van der Waals surface area contributed by atoms with Crippen molar-refractivity contribution in [3.05, 3.63) is 51.7 Å². The summed E-state index contributed by atoms with van der Waals surface area (Å²) < 4.78 is 27.7. The molecule has 1 amide bonds. The van der Waals surface area contributed by atoms with Crippen LogP contribution in [0.4, 0.5) is 0 Å². The zero-order valence-electron chi connectivity index (χ0n) is 15.2. The molecule has 136 valence electrons. The van der Waals surface area contributed by atoms with Gasteiger partial charge >= 0.3 is 0 Å². The number of carbonyl (C=O) groups excluding carboxylic acids is 1. The van der Waals surface area contributed by atoms with Crippen LogP contribution in [0.1, 0.15) is 41.6 Å². The van der Waals surface area contributed by atoms with Crippen molar-refractivity contribution < 1.29 is 13.2 Å². The van der Waals surface area contributed by atoms with Crippen molar-refractivity contribution in [1.29, 1.82) is 0 Å². The first kappa shape index (κ1) is 19.6. The predicted octanol–water partition coefficient (Wildman–Crippen LogP) is 3.41. The summed E-state index contributed by atoms with van der Waals surface area (Å²) in [4.78, 5) is 15.5. The van der Waals surface area contributed by atoms with Crippen LogP contribution >= 0.6 is 11.3 Å². The summed E-state index contributed by atoms with van der Waals surface area (Å²) in [6.07, 6.45) is 0. The van der Waals surface area contributed by atoms with Gasteiger partial charge in [-0.2, -0.15) is 0 Å². The van der Waals surface area contributed by atoms with E-state index >= 15 is 0 Å². The fraction of sp³-hybridized carbons (Fsp3) is 0.389. The number of rotatable bonds is 5. The number of amides is 1. The van der Waals surface area contributed by atoms with Gasteiger partial charge in [0.15, 0.2) is 0 Å². The molecule has 0 fully saturated rings. The van der Waals surface area contributed by atoms with E-state index in [0.717, 1.165) is 10.4 Å². The van der Waals surface area contributed by atoms with Crippen LogP contribution in [0.2, 0.25) is 0 Å². The molecule has 1 aromatic carbocycles. The Bertz CT molecular complexity index is 851. The van der Waals surface area contributed by atoms with Crippen LogP contribution in [0, 0.1) is 6.92 Å². The van der Waals surface area contributed by atoms with Crippen molar-refractivity contribution in [3.63, 3.8) is 0 Å². The molecule has 5 nitrogen and oxygen atoms in total. The third-order valence-corrected chi connectivity index (χ3v) is 6.13. The zero-order chi connectivity index (χ0) is 18.8. The Kier molecular flexibility index (Phi) is 5.71. The second-order valence-electron chi connectivity index (χ2n) is 7.07. The van der Waals surface area contributed by atoms with E-state index in [-0.39, 0.29) is 10.8 Å². The number of hydrogen-bond donors (Lipinski definition) is 1. The minimum Gasteiger partial charge on any atom is -0.337 e. The standard InChI is InChI=1S/C18H24N2O3S2/c1-13-8-9-15(25(22,23)19-18(2,3)4)11-16(13)17(21)20(5)12-14-7-6-10-24-14/h6-11,19H,12H2,1-5H3. The molecule has 2 rings (SSSR count). The maximum absolute atomic E-state index is 12.8. The summed E-state index contributed by atoms with van der Waals surface area (Å²) >= 11 is 1.58. The van der Waals surface area contributed by atoms with E-state index in [9.17, 15) is 13.2 Å². The van der Waals surface area contributed by atoms with Crippen LogP contribution in [0.5, 0.6) is 0 Å². The Labute approximate surface area is 153 Å². The van der Waals surface area contributed by atoms with Gasteiger partial charge in [0.25, 0.3) is 5.91 Å². The van der Waals surface area contributed by atoms with Crippen molar-refractivity contribution in [1.82, 2.24) is 9.62 Å². The van der Waals surface area contributed by atoms with Gasteiger partial charge in [0.05, 0.1) is 11.4 Å². The van der Waals surface area contributed by atoms with Crippen molar-refractivity contribution in [2.24, 2.45) is 0 Å². The minimum atomic E-state index is -3.69. The molecule has 1 N–H and O–H groups in total.